The Labute approximate surface area is 125 Å². The van der Waals surface area contributed by atoms with Crippen LogP contribution in [0.2, 0.25) is 0 Å². The zero-order valence-corrected chi connectivity index (χ0v) is 12.6. The molecule has 1 fully saturated rings. The molecule has 2 rings (SSSR count). The number of imide groups is 1. The standard InChI is InChI=1S/C13H16N4O3S/c1-7-9(14)5-21-13(7)15-8(2)17(6-18)10-3-4-11(19)16-12(10)20/h5-6,10H,3-4,14H2,1-2H3,(H,16,19,20)/b15-8-. The van der Waals surface area contributed by atoms with Crippen molar-refractivity contribution in [3.8, 4) is 0 Å². The number of carbonyl (C=O) groups is 3. The maximum atomic E-state index is 11.8. The Hall–Kier alpha value is -2.22. The molecule has 1 atom stereocenters. The van der Waals surface area contributed by atoms with Crippen LogP contribution in [-0.4, -0.2) is 35.0 Å². The number of aliphatic imine (C=N–C) groups is 1. The lowest BCUT2D eigenvalue weighted by atomic mass is 10.0. The van der Waals surface area contributed by atoms with Crippen molar-refractivity contribution in [3.63, 3.8) is 0 Å². The zero-order valence-electron chi connectivity index (χ0n) is 11.8. The van der Waals surface area contributed by atoms with Crippen LogP contribution in [0.15, 0.2) is 10.4 Å². The number of anilines is 1. The van der Waals surface area contributed by atoms with Crippen LogP contribution < -0.4 is 11.1 Å². The van der Waals surface area contributed by atoms with Crippen LogP contribution in [0, 0.1) is 6.92 Å². The first-order chi connectivity index (χ1) is 9.93. The number of thiophene rings is 1. The number of amidine groups is 1. The van der Waals surface area contributed by atoms with Crippen molar-refractivity contribution in [1.29, 1.82) is 0 Å². The Kier molecular flexibility index (Phi) is 4.37. The largest absolute Gasteiger partial charge is 0.398 e. The molecule has 7 nitrogen and oxygen atoms in total. The average Bonchev–Trinajstić information content (AvgIpc) is 2.74. The molecular weight excluding hydrogens is 292 g/mol. The van der Waals surface area contributed by atoms with Gasteiger partial charge < -0.3 is 5.73 Å². The number of rotatable bonds is 3. The number of amides is 3. The fraction of sp³-hybridized carbons (Fsp3) is 0.385. The molecule has 21 heavy (non-hydrogen) atoms. The van der Waals surface area contributed by atoms with Crippen LogP contribution in [0.1, 0.15) is 25.3 Å². The van der Waals surface area contributed by atoms with Crippen LogP contribution >= 0.6 is 11.3 Å². The second-order valence-corrected chi connectivity index (χ2v) is 5.62. The molecule has 112 valence electrons. The Morgan fingerprint density at radius 3 is 2.81 bits per heavy atom. The third-order valence-electron chi connectivity index (χ3n) is 3.35. The van der Waals surface area contributed by atoms with Crippen LogP contribution in [0.25, 0.3) is 0 Å². The van der Waals surface area contributed by atoms with Crippen molar-refractivity contribution in [3.05, 3.63) is 10.9 Å². The summed E-state index contributed by atoms with van der Waals surface area (Å²) in [5.41, 5.74) is 7.25. The molecule has 3 N–H and O–H groups in total. The monoisotopic (exact) mass is 308 g/mol. The molecule has 1 aliphatic rings. The van der Waals surface area contributed by atoms with Crippen molar-refractivity contribution >= 4 is 46.1 Å². The van der Waals surface area contributed by atoms with E-state index in [4.69, 9.17) is 5.73 Å². The van der Waals surface area contributed by atoms with Gasteiger partial charge >= 0.3 is 0 Å². The Morgan fingerprint density at radius 2 is 2.29 bits per heavy atom. The molecule has 1 aromatic heterocycles. The summed E-state index contributed by atoms with van der Waals surface area (Å²) in [6.07, 6.45) is 1.06. The Morgan fingerprint density at radius 1 is 1.57 bits per heavy atom. The molecule has 1 saturated heterocycles. The minimum Gasteiger partial charge on any atom is -0.398 e. The second kappa shape index (κ2) is 6.04. The average molecular weight is 308 g/mol. The lowest BCUT2D eigenvalue weighted by Gasteiger charge is -2.29. The van der Waals surface area contributed by atoms with Crippen LogP contribution in [-0.2, 0) is 14.4 Å². The van der Waals surface area contributed by atoms with Crippen molar-refractivity contribution in [2.75, 3.05) is 5.73 Å². The molecule has 0 saturated carbocycles. The molecule has 8 heteroatoms. The predicted molar refractivity (Wildman–Crippen MR) is 80.3 cm³/mol. The third kappa shape index (κ3) is 3.10. The van der Waals surface area contributed by atoms with E-state index in [9.17, 15) is 14.4 Å². The topological polar surface area (TPSA) is 105 Å². The van der Waals surface area contributed by atoms with Gasteiger partial charge in [-0.1, -0.05) is 0 Å². The highest BCUT2D eigenvalue weighted by atomic mass is 32.1. The van der Waals surface area contributed by atoms with E-state index in [0.717, 1.165) is 5.56 Å². The third-order valence-corrected chi connectivity index (χ3v) is 4.34. The first-order valence-corrected chi connectivity index (χ1v) is 7.28. The van der Waals surface area contributed by atoms with Gasteiger partial charge in [-0.05, 0) is 20.3 Å². The predicted octanol–water partition coefficient (Wildman–Crippen LogP) is 0.952. The van der Waals surface area contributed by atoms with Crippen LogP contribution in [0.4, 0.5) is 10.7 Å². The number of hydrogen-bond acceptors (Lipinski definition) is 6. The summed E-state index contributed by atoms with van der Waals surface area (Å²) in [6.45, 7) is 3.49. The zero-order chi connectivity index (χ0) is 15.6. The molecule has 0 aliphatic carbocycles. The van der Waals surface area contributed by atoms with Crippen molar-refractivity contribution in [1.82, 2.24) is 10.2 Å². The molecule has 0 bridgehead atoms. The summed E-state index contributed by atoms with van der Waals surface area (Å²) in [4.78, 5) is 39.9. The number of nitrogens with zero attached hydrogens (tertiary/aromatic N) is 2. The molecule has 0 radical (unpaired) electrons. The number of nitrogens with one attached hydrogen (secondary N) is 1. The second-order valence-electron chi connectivity index (χ2n) is 4.76. The van der Waals surface area contributed by atoms with E-state index in [1.165, 1.54) is 16.2 Å². The van der Waals surface area contributed by atoms with E-state index in [-0.39, 0.29) is 12.3 Å². The maximum Gasteiger partial charge on any atom is 0.249 e. The Bertz CT molecular complexity index is 623. The van der Waals surface area contributed by atoms with Gasteiger partial charge in [0.2, 0.25) is 18.2 Å². The van der Waals surface area contributed by atoms with E-state index in [1.54, 1.807) is 12.3 Å². The van der Waals surface area contributed by atoms with Crippen molar-refractivity contribution in [2.24, 2.45) is 4.99 Å². The summed E-state index contributed by atoms with van der Waals surface area (Å²) < 4.78 is 0. The fourth-order valence-corrected chi connectivity index (χ4v) is 2.95. The minimum atomic E-state index is -0.707. The smallest absolute Gasteiger partial charge is 0.249 e. The quantitative estimate of drug-likeness (QED) is 0.375. The first kappa shape index (κ1) is 15.2. The van der Waals surface area contributed by atoms with Gasteiger partial charge in [0.25, 0.3) is 0 Å². The summed E-state index contributed by atoms with van der Waals surface area (Å²) in [6, 6.07) is -0.707. The Balaban J connectivity index is 2.24. The SMILES string of the molecule is C/C(=N/c1scc(N)c1C)N(C=O)C1CCC(=O)NC1=O. The molecule has 0 spiro atoms. The van der Waals surface area contributed by atoms with E-state index >= 15 is 0 Å². The van der Waals surface area contributed by atoms with E-state index in [2.05, 4.69) is 10.3 Å². The van der Waals surface area contributed by atoms with Crippen LogP contribution in [0.5, 0.6) is 0 Å². The summed E-state index contributed by atoms with van der Waals surface area (Å²) in [5, 5.41) is 4.70. The number of nitrogens with two attached hydrogens (primary N) is 1. The molecule has 0 aromatic carbocycles. The lowest BCUT2D eigenvalue weighted by molar-refractivity contribution is -0.138. The van der Waals surface area contributed by atoms with Gasteiger partial charge in [-0.15, -0.1) is 11.3 Å². The van der Waals surface area contributed by atoms with Crippen molar-refractivity contribution < 1.29 is 14.4 Å². The van der Waals surface area contributed by atoms with Gasteiger partial charge in [-0.2, -0.15) is 0 Å². The summed E-state index contributed by atoms with van der Waals surface area (Å²) >= 11 is 1.37. The summed E-state index contributed by atoms with van der Waals surface area (Å²) in [7, 11) is 0. The molecule has 1 unspecified atom stereocenters. The minimum absolute atomic E-state index is 0.207. The highest BCUT2D eigenvalue weighted by Crippen LogP contribution is 2.32. The van der Waals surface area contributed by atoms with Gasteiger partial charge in [-0.25, -0.2) is 4.99 Å². The molecule has 2 heterocycles. The highest BCUT2D eigenvalue weighted by molar-refractivity contribution is 7.14. The van der Waals surface area contributed by atoms with Gasteiger partial charge in [0.15, 0.2) is 0 Å². The van der Waals surface area contributed by atoms with Crippen LogP contribution in [0.3, 0.4) is 0 Å². The van der Waals surface area contributed by atoms with E-state index in [0.29, 0.717) is 29.4 Å². The van der Waals surface area contributed by atoms with E-state index < -0.39 is 11.9 Å². The van der Waals surface area contributed by atoms with Crippen molar-refractivity contribution in [2.45, 2.75) is 32.7 Å². The number of nitrogen functional groups attached to an aromatic ring is 1. The normalized spacial score (nSPS) is 19.3. The molecule has 1 aliphatic heterocycles. The number of carbonyl (C=O) groups excluding carboxylic acids is 3. The van der Waals surface area contributed by atoms with E-state index in [1.807, 2.05) is 6.92 Å². The van der Waals surface area contributed by atoms with Gasteiger partial charge in [0.1, 0.15) is 16.9 Å². The molecule has 3 amide bonds. The summed E-state index contributed by atoms with van der Waals surface area (Å²) in [5.74, 6) is -0.404. The van der Waals surface area contributed by atoms with Gasteiger partial charge in [-0.3, -0.25) is 24.6 Å². The number of piperidine rings is 1. The highest BCUT2D eigenvalue weighted by Gasteiger charge is 2.32. The fourth-order valence-electron chi connectivity index (χ4n) is 2.06. The first-order valence-electron chi connectivity index (χ1n) is 6.40. The maximum absolute atomic E-state index is 11.8. The number of hydrogen-bond donors (Lipinski definition) is 2. The van der Waals surface area contributed by atoms with Gasteiger partial charge in [0.05, 0.1) is 0 Å². The van der Waals surface area contributed by atoms with Gasteiger partial charge in [0, 0.05) is 23.1 Å². The molecule has 1 aromatic rings. The lowest BCUT2D eigenvalue weighted by Crippen LogP contribution is -2.53. The molecular formula is C13H16N4O3S.